The average molecular weight is 317 g/mol. The zero-order valence-corrected chi connectivity index (χ0v) is 13.7. The van der Waals surface area contributed by atoms with Crippen LogP contribution in [0.5, 0.6) is 0 Å². The highest BCUT2D eigenvalue weighted by atomic mass is 32.2. The third-order valence-corrected chi connectivity index (χ3v) is 6.01. The number of aryl methyl sites for hydroxylation is 1. The number of hydrogen-bond acceptors (Lipinski definition) is 5. The van der Waals surface area contributed by atoms with E-state index in [2.05, 4.69) is 9.82 Å². The summed E-state index contributed by atoms with van der Waals surface area (Å²) in [6.07, 6.45) is 0.455. The summed E-state index contributed by atoms with van der Waals surface area (Å²) >= 11 is 0. The Kier molecular flexibility index (Phi) is 4.44. The number of aliphatic hydroxyl groups is 1. The van der Waals surface area contributed by atoms with Crippen LogP contribution in [-0.2, 0) is 21.3 Å². The Morgan fingerprint density at radius 1 is 1.52 bits per heavy atom. The largest absolute Gasteiger partial charge is 0.394 e. The standard InChI is InChI=1S/C13H23N3O4S/c1-9-12(10(2)16(14-9)6-7-17)21(18,19)15-13(4)5-8-20-11(13)3/h11,15,17H,5-8H2,1-4H3. The Morgan fingerprint density at radius 3 is 2.71 bits per heavy atom. The van der Waals surface area contributed by atoms with Gasteiger partial charge in [0.05, 0.1) is 36.2 Å². The van der Waals surface area contributed by atoms with Gasteiger partial charge in [-0.05, 0) is 34.1 Å². The molecular weight excluding hydrogens is 294 g/mol. The molecule has 0 saturated carbocycles. The lowest BCUT2D eigenvalue weighted by molar-refractivity contribution is 0.0957. The number of hydrogen-bond donors (Lipinski definition) is 2. The summed E-state index contributed by atoms with van der Waals surface area (Å²) in [7, 11) is -3.69. The van der Waals surface area contributed by atoms with Crippen molar-refractivity contribution in [1.82, 2.24) is 14.5 Å². The lowest BCUT2D eigenvalue weighted by Crippen LogP contribution is -2.50. The van der Waals surface area contributed by atoms with E-state index in [9.17, 15) is 8.42 Å². The Balaban J connectivity index is 2.36. The van der Waals surface area contributed by atoms with Crippen molar-refractivity contribution in [1.29, 1.82) is 0 Å². The van der Waals surface area contributed by atoms with Crippen LogP contribution >= 0.6 is 0 Å². The molecule has 7 nitrogen and oxygen atoms in total. The first-order chi connectivity index (χ1) is 9.71. The summed E-state index contributed by atoms with van der Waals surface area (Å²) in [5.74, 6) is 0. The molecule has 21 heavy (non-hydrogen) atoms. The topological polar surface area (TPSA) is 93.5 Å². The van der Waals surface area contributed by atoms with Gasteiger partial charge in [0.15, 0.2) is 0 Å². The van der Waals surface area contributed by atoms with Gasteiger partial charge >= 0.3 is 0 Å². The molecule has 1 aromatic rings. The lowest BCUT2D eigenvalue weighted by atomic mass is 9.97. The van der Waals surface area contributed by atoms with E-state index in [0.717, 1.165) is 0 Å². The summed E-state index contributed by atoms with van der Waals surface area (Å²) < 4.78 is 35.2. The molecule has 120 valence electrons. The number of nitrogens with zero attached hydrogens (tertiary/aromatic N) is 2. The monoisotopic (exact) mass is 317 g/mol. The smallest absolute Gasteiger partial charge is 0.244 e. The second kappa shape index (κ2) is 5.68. The van der Waals surface area contributed by atoms with Gasteiger partial charge in [-0.15, -0.1) is 0 Å². The van der Waals surface area contributed by atoms with Gasteiger partial charge in [0.1, 0.15) is 4.90 Å². The van der Waals surface area contributed by atoms with Crippen LogP contribution < -0.4 is 4.72 Å². The van der Waals surface area contributed by atoms with Crippen molar-refractivity contribution in [3.8, 4) is 0 Å². The lowest BCUT2D eigenvalue weighted by Gasteiger charge is -2.28. The molecule has 8 heteroatoms. The molecule has 2 atom stereocenters. The van der Waals surface area contributed by atoms with Gasteiger partial charge in [-0.2, -0.15) is 5.10 Å². The summed E-state index contributed by atoms with van der Waals surface area (Å²) in [6, 6.07) is 0. The average Bonchev–Trinajstić information content (AvgIpc) is 2.81. The molecule has 2 heterocycles. The van der Waals surface area contributed by atoms with Gasteiger partial charge in [-0.25, -0.2) is 13.1 Å². The van der Waals surface area contributed by atoms with Crippen LogP contribution in [0.3, 0.4) is 0 Å². The summed E-state index contributed by atoms with van der Waals surface area (Å²) in [5.41, 5.74) is 0.351. The Labute approximate surface area is 125 Å². The molecule has 1 aromatic heterocycles. The van der Waals surface area contributed by atoms with Crippen LogP contribution in [0.4, 0.5) is 0 Å². The van der Waals surface area contributed by atoms with Gasteiger partial charge < -0.3 is 9.84 Å². The molecule has 0 radical (unpaired) electrons. The molecule has 0 amide bonds. The van der Waals surface area contributed by atoms with Crippen LogP contribution in [0.1, 0.15) is 31.7 Å². The van der Waals surface area contributed by atoms with Gasteiger partial charge in [0.25, 0.3) is 0 Å². The van der Waals surface area contributed by atoms with E-state index in [1.165, 1.54) is 4.68 Å². The zero-order valence-electron chi connectivity index (χ0n) is 12.9. The van der Waals surface area contributed by atoms with Crippen molar-refractivity contribution in [3.05, 3.63) is 11.4 Å². The first-order valence-corrected chi connectivity index (χ1v) is 8.50. The predicted molar refractivity (Wildman–Crippen MR) is 77.5 cm³/mol. The maximum Gasteiger partial charge on any atom is 0.244 e. The Morgan fingerprint density at radius 2 is 2.19 bits per heavy atom. The molecule has 0 aromatic carbocycles. The summed E-state index contributed by atoms with van der Waals surface area (Å²) in [6.45, 7) is 7.81. The third-order valence-electron chi connectivity index (χ3n) is 4.15. The molecule has 2 N–H and O–H groups in total. The van der Waals surface area contributed by atoms with E-state index >= 15 is 0 Å². The van der Waals surface area contributed by atoms with E-state index < -0.39 is 15.6 Å². The van der Waals surface area contributed by atoms with E-state index in [0.29, 0.717) is 24.4 Å². The second-order valence-electron chi connectivity index (χ2n) is 5.73. The van der Waals surface area contributed by atoms with Gasteiger partial charge in [-0.3, -0.25) is 4.68 Å². The number of aliphatic hydroxyl groups excluding tert-OH is 1. The van der Waals surface area contributed by atoms with Gasteiger partial charge in [-0.1, -0.05) is 0 Å². The van der Waals surface area contributed by atoms with Crippen molar-refractivity contribution < 1.29 is 18.3 Å². The quantitative estimate of drug-likeness (QED) is 0.817. The van der Waals surface area contributed by atoms with E-state index in [4.69, 9.17) is 9.84 Å². The fraction of sp³-hybridized carbons (Fsp3) is 0.769. The maximum atomic E-state index is 12.7. The number of nitrogens with one attached hydrogen (secondary N) is 1. The highest BCUT2D eigenvalue weighted by molar-refractivity contribution is 7.89. The minimum Gasteiger partial charge on any atom is -0.394 e. The van der Waals surface area contributed by atoms with Crippen molar-refractivity contribution in [2.45, 2.75) is 57.2 Å². The first kappa shape index (κ1) is 16.4. The molecule has 0 spiro atoms. The van der Waals surface area contributed by atoms with Crippen LogP contribution in [0.15, 0.2) is 4.90 Å². The highest BCUT2D eigenvalue weighted by Gasteiger charge is 2.41. The van der Waals surface area contributed by atoms with Crippen molar-refractivity contribution in [2.75, 3.05) is 13.2 Å². The zero-order chi connectivity index (χ0) is 15.8. The molecule has 2 rings (SSSR count). The molecule has 1 fully saturated rings. The van der Waals surface area contributed by atoms with Crippen LogP contribution in [0.2, 0.25) is 0 Å². The van der Waals surface area contributed by atoms with Crippen molar-refractivity contribution >= 4 is 10.0 Å². The van der Waals surface area contributed by atoms with E-state index in [-0.39, 0.29) is 24.2 Å². The fourth-order valence-corrected chi connectivity index (χ4v) is 4.62. The van der Waals surface area contributed by atoms with Crippen LogP contribution in [0, 0.1) is 13.8 Å². The van der Waals surface area contributed by atoms with Crippen LogP contribution in [-0.4, -0.2) is 48.2 Å². The van der Waals surface area contributed by atoms with Crippen molar-refractivity contribution in [2.24, 2.45) is 0 Å². The van der Waals surface area contributed by atoms with Gasteiger partial charge in [0, 0.05) is 6.61 Å². The van der Waals surface area contributed by atoms with Crippen LogP contribution in [0.25, 0.3) is 0 Å². The first-order valence-electron chi connectivity index (χ1n) is 7.02. The molecule has 1 saturated heterocycles. The minimum atomic E-state index is -3.69. The fourth-order valence-electron chi connectivity index (χ4n) is 2.71. The molecule has 0 aliphatic carbocycles. The minimum absolute atomic E-state index is 0.0858. The van der Waals surface area contributed by atoms with Crippen molar-refractivity contribution in [3.63, 3.8) is 0 Å². The number of aromatic nitrogens is 2. The number of rotatable bonds is 5. The SMILES string of the molecule is Cc1nn(CCO)c(C)c1S(=O)(=O)NC1(C)CCOC1C. The van der Waals surface area contributed by atoms with Gasteiger partial charge in [0.2, 0.25) is 10.0 Å². The molecule has 1 aliphatic heterocycles. The Hall–Kier alpha value is -0.960. The highest BCUT2D eigenvalue weighted by Crippen LogP contribution is 2.29. The number of sulfonamides is 1. The molecular formula is C13H23N3O4S. The predicted octanol–water partition coefficient (Wildman–Crippen LogP) is 0.338. The normalized spacial score (nSPS) is 26.4. The molecule has 0 bridgehead atoms. The summed E-state index contributed by atoms with van der Waals surface area (Å²) in [4.78, 5) is 0.191. The van der Waals surface area contributed by atoms with E-state index in [1.807, 2.05) is 13.8 Å². The molecule has 1 aliphatic rings. The van der Waals surface area contributed by atoms with E-state index in [1.54, 1.807) is 13.8 Å². The third kappa shape index (κ3) is 2.98. The molecule has 2 unspecified atom stereocenters. The Bertz CT molecular complexity index is 626. The summed E-state index contributed by atoms with van der Waals surface area (Å²) in [5, 5.41) is 13.2. The maximum absolute atomic E-state index is 12.7. The number of ether oxygens (including phenoxy) is 1. The second-order valence-corrected chi connectivity index (χ2v) is 7.35.